The van der Waals surface area contributed by atoms with Crippen LogP contribution in [0.2, 0.25) is 0 Å². The van der Waals surface area contributed by atoms with Gasteiger partial charge in [-0.3, -0.25) is 9.59 Å². The van der Waals surface area contributed by atoms with Crippen molar-refractivity contribution in [3.8, 4) is 0 Å². The van der Waals surface area contributed by atoms with Crippen LogP contribution in [-0.2, 0) is 11.2 Å². The Labute approximate surface area is 175 Å². The van der Waals surface area contributed by atoms with Gasteiger partial charge in [0.1, 0.15) is 11.8 Å². The maximum atomic E-state index is 12.9. The van der Waals surface area contributed by atoms with Crippen molar-refractivity contribution in [1.29, 1.82) is 0 Å². The summed E-state index contributed by atoms with van der Waals surface area (Å²) in [7, 11) is 3.62. The predicted molar refractivity (Wildman–Crippen MR) is 115 cm³/mol. The highest BCUT2D eigenvalue weighted by Crippen LogP contribution is 2.30. The number of benzene rings is 2. The number of aromatic nitrogens is 1. The Morgan fingerprint density at radius 2 is 1.83 bits per heavy atom. The smallest absolute Gasteiger partial charge is 0.274 e. The lowest BCUT2D eigenvalue weighted by Crippen LogP contribution is -2.51. The van der Waals surface area contributed by atoms with E-state index >= 15 is 0 Å². The molecule has 0 aliphatic carbocycles. The number of nitrogens with zero attached hydrogens (tertiary/aromatic N) is 3. The van der Waals surface area contributed by atoms with Crippen LogP contribution < -0.4 is 15.1 Å². The van der Waals surface area contributed by atoms with Crippen molar-refractivity contribution in [2.75, 3.05) is 30.4 Å². The molecule has 0 radical (unpaired) electrons. The highest BCUT2D eigenvalue weighted by atomic mass is 16.5. The summed E-state index contributed by atoms with van der Waals surface area (Å²) in [6.45, 7) is 2.39. The largest absolute Gasteiger partial charge is 0.370 e. The van der Waals surface area contributed by atoms with E-state index in [1.165, 1.54) is 5.56 Å². The van der Waals surface area contributed by atoms with E-state index in [2.05, 4.69) is 10.5 Å². The van der Waals surface area contributed by atoms with Crippen LogP contribution in [-0.4, -0.2) is 43.7 Å². The molecule has 2 heterocycles. The Bertz CT molecular complexity index is 1070. The third kappa shape index (κ3) is 3.91. The molecule has 2 amide bonds. The van der Waals surface area contributed by atoms with E-state index in [1.807, 2.05) is 67.4 Å². The number of para-hydroxylation sites is 2. The number of carbonyl (C=O) groups is 2. The molecule has 1 aliphatic heterocycles. The number of anilines is 2. The Morgan fingerprint density at radius 1 is 1.13 bits per heavy atom. The zero-order valence-electron chi connectivity index (χ0n) is 17.3. The predicted octanol–water partition coefficient (Wildman–Crippen LogP) is 2.79. The van der Waals surface area contributed by atoms with Crippen molar-refractivity contribution in [1.82, 2.24) is 10.5 Å². The van der Waals surface area contributed by atoms with Crippen LogP contribution in [0, 0.1) is 6.92 Å². The molecule has 7 nitrogen and oxygen atoms in total. The van der Waals surface area contributed by atoms with Gasteiger partial charge in [0.05, 0.1) is 11.4 Å². The first-order valence-corrected chi connectivity index (χ1v) is 9.82. The standard InChI is InChI=1S/C23H24N4O3/c1-15-8-10-16(11-9-15)12-17-13-18(25-30-17)22(28)24-19-14-26(2)20-6-4-5-7-21(20)27(3)23(19)29/h4-11,13,19H,12,14H2,1-3H3,(H,24,28)/t19-/m1/s1. The molecule has 0 fully saturated rings. The van der Waals surface area contributed by atoms with E-state index in [4.69, 9.17) is 4.52 Å². The summed E-state index contributed by atoms with van der Waals surface area (Å²) in [5.41, 5.74) is 4.16. The van der Waals surface area contributed by atoms with Gasteiger partial charge in [-0.1, -0.05) is 47.1 Å². The Hall–Kier alpha value is -3.61. The summed E-state index contributed by atoms with van der Waals surface area (Å²) in [5, 5.41) is 6.71. The summed E-state index contributed by atoms with van der Waals surface area (Å²) in [6.07, 6.45) is 0.545. The number of nitrogens with one attached hydrogen (secondary N) is 1. The molecule has 7 heteroatoms. The third-order valence-electron chi connectivity index (χ3n) is 5.34. The molecule has 1 aliphatic rings. The number of aryl methyl sites for hydroxylation is 1. The number of amides is 2. The highest BCUT2D eigenvalue weighted by molar-refractivity contribution is 6.04. The van der Waals surface area contributed by atoms with Gasteiger partial charge in [-0.15, -0.1) is 0 Å². The average Bonchev–Trinajstić information content (AvgIpc) is 3.19. The van der Waals surface area contributed by atoms with Gasteiger partial charge in [-0.2, -0.15) is 0 Å². The van der Waals surface area contributed by atoms with Gasteiger partial charge < -0.3 is 19.6 Å². The molecule has 1 atom stereocenters. The molecule has 1 N–H and O–H groups in total. The molecule has 0 spiro atoms. The molecular weight excluding hydrogens is 380 g/mol. The summed E-state index contributed by atoms with van der Waals surface area (Å²) in [4.78, 5) is 29.2. The Kier molecular flexibility index (Phi) is 5.27. The van der Waals surface area contributed by atoms with Gasteiger partial charge in [0, 0.05) is 33.1 Å². The van der Waals surface area contributed by atoms with E-state index < -0.39 is 11.9 Å². The lowest BCUT2D eigenvalue weighted by Gasteiger charge is -2.21. The first-order valence-electron chi connectivity index (χ1n) is 9.82. The van der Waals surface area contributed by atoms with Crippen molar-refractivity contribution in [3.05, 3.63) is 77.2 Å². The first-order chi connectivity index (χ1) is 14.4. The van der Waals surface area contributed by atoms with Crippen molar-refractivity contribution in [2.24, 2.45) is 0 Å². The second-order valence-electron chi connectivity index (χ2n) is 7.63. The van der Waals surface area contributed by atoms with Crippen LogP contribution in [0.4, 0.5) is 11.4 Å². The fourth-order valence-electron chi connectivity index (χ4n) is 3.62. The minimum absolute atomic E-state index is 0.164. The second-order valence-corrected chi connectivity index (χ2v) is 7.63. The third-order valence-corrected chi connectivity index (χ3v) is 5.34. The lowest BCUT2D eigenvalue weighted by molar-refractivity contribution is -0.119. The minimum atomic E-state index is -0.697. The van der Waals surface area contributed by atoms with E-state index in [-0.39, 0.29) is 11.6 Å². The molecule has 0 saturated heterocycles. The van der Waals surface area contributed by atoms with Crippen LogP contribution in [0.15, 0.2) is 59.1 Å². The molecule has 3 aromatic rings. The minimum Gasteiger partial charge on any atom is -0.370 e. The number of fused-ring (bicyclic) bond motifs is 1. The average molecular weight is 404 g/mol. The Balaban J connectivity index is 1.47. The first kappa shape index (κ1) is 19.7. The van der Waals surface area contributed by atoms with Gasteiger partial charge in [-0.05, 0) is 24.6 Å². The van der Waals surface area contributed by atoms with E-state index in [9.17, 15) is 9.59 Å². The molecule has 0 bridgehead atoms. The number of hydrogen-bond donors (Lipinski definition) is 1. The molecule has 1 aromatic heterocycles. The van der Waals surface area contributed by atoms with Crippen LogP contribution in [0.3, 0.4) is 0 Å². The van der Waals surface area contributed by atoms with Gasteiger partial charge in [0.2, 0.25) is 0 Å². The molecule has 4 rings (SSSR count). The van der Waals surface area contributed by atoms with Gasteiger partial charge >= 0.3 is 0 Å². The van der Waals surface area contributed by atoms with Crippen LogP contribution in [0.1, 0.15) is 27.4 Å². The molecular formula is C23H24N4O3. The topological polar surface area (TPSA) is 78.7 Å². The van der Waals surface area contributed by atoms with Crippen molar-refractivity contribution >= 4 is 23.2 Å². The van der Waals surface area contributed by atoms with Gasteiger partial charge in [-0.25, -0.2) is 0 Å². The zero-order chi connectivity index (χ0) is 21.3. The van der Waals surface area contributed by atoms with Crippen molar-refractivity contribution in [2.45, 2.75) is 19.4 Å². The monoisotopic (exact) mass is 404 g/mol. The van der Waals surface area contributed by atoms with E-state index in [0.717, 1.165) is 16.9 Å². The van der Waals surface area contributed by atoms with E-state index in [0.29, 0.717) is 18.7 Å². The van der Waals surface area contributed by atoms with Crippen molar-refractivity contribution < 1.29 is 14.1 Å². The SMILES string of the molecule is Cc1ccc(Cc2cc(C(=O)N[C@@H]3CN(C)c4ccccc4N(C)C3=O)no2)cc1. The molecule has 0 unspecified atom stereocenters. The number of hydrogen-bond acceptors (Lipinski definition) is 5. The highest BCUT2D eigenvalue weighted by Gasteiger charge is 2.32. The summed E-state index contributed by atoms with van der Waals surface area (Å²) in [6, 6.07) is 16.7. The summed E-state index contributed by atoms with van der Waals surface area (Å²) >= 11 is 0. The fraction of sp³-hybridized carbons (Fsp3) is 0.261. The fourth-order valence-corrected chi connectivity index (χ4v) is 3.62. The zero-order valence-corrected chi connectivity index (χ0v) is 17.3. The van der Waals surface area contributed by atoms with E-state index in [1.54, 1.807) is 18.0 Å². The van der Waals surface area contributed by atoms with Crippen LogP contribution >= 0.6 is 0 Å². The quantitative estimate of drug-likeness (QED) is 0.723. The molecule has 154 valence electrons. The number of rotatable bonds is 4. The summed E-state index contributed by atoms with van der Waals surface area (Å²) < 4.78 is 5.34. The Morgan fingerprint density at radius 3 is 2.57 bits per heavy atom. The van der Waals surface area contributed by atoms with Gasteiger partial charge in [0.25, 0.3) is 11.8 Å². The number of carbonyl (C=O) groups excluding carboxylic acids is 2. The molecule has 0 saturated carbocycles. The van der Waals surface area contributed by atoms with Crippen LogP contribution in [0.5, 0.6) is 0 Å². The normalized spacial score (nSPS) is 16.2. The number of likely N-dealkylation sites (N-methyl/N-ethyl adjacent to an activating group) is 2. The lowest BCUT2D eigenvalue weighted by atomic mass is 10.1. The van der Waals surface area contributed by atoms with Crippen molar-refractivity contribution in [3.63, 3.8) is 0 Å². The van der Waals surface area contributed by atoms with Gasteiger partial charge in [0.15, 0.2) is 5.69 Å². The molecule has 2 aromatic carbocycles. The second kappa shape index (κ2) is 8.02. The maximum Gasteiger partial charge on any atom is 0.274 e. The maximum absolute atomic E-state index is 12.9. The van der Waals surface area contributed by atoms with Crippen LogP contribution in [0.25, 0.3) is 0 Å². The summed E-state index contributed by atoms with van der Waals surface area (Å²) in [5.74, 6) is -0.0126. The molecule has 30 heavy (non-hydrogen) atoms.